The summed E-state index contributed by atoms with van der Waals surface area (Å²) in [5.74, 6) is 0. The van der Waals surface area contributed by atoms with Gasteiger partial charge in [0.25, 0.3) is 0 Å². The summed E-state index contributed by atoms with van der Waals surface area (Å²) >= 11 is 0. The maximum Gasteiger partial charge on any atom is 0.0948 e. The average molecular weight is 123 g/mol. The van der Waals surface area contributed by atoms with Crippen LogP contribution in [0.25, 0.3) is 0 Å². The molecule has 1 rings (SSSR count). The fraction of sp³-hybridized carbons (Fsp3) is 0.429. The summed E-state index contributed by atoms with van der Waals surface area (Å²) in [5.41, 5.74) is 0. The molecule has 1 heterocycles. The fourth-order valence-electron chi connectivity index (χ4n) is 0.696. The molecule has 0 aliphatic rings. The molecular weight excluding hydrogens is 112 g/mol. The summed E-state index contributed by atoms with van der Waals surface area (Å²) < 4.78 is 2.00. The third kappa shape index (κ3) is 1.31. The minimum atomic E-state index is 0.340. The second-order valence-electron chi connectivity index (χ2n) is 2.07. The van der Waals surface area contributed by atoms with Crippen LogP contribution in [0.2, 0.25) is 0 Å². The quantitative estimate of drug-likeness (QED) is 0.585. The molecule has 0 bridgehead atoms. The minimum absolute atomic E-state index is 0.340. The van der Waals surface area contributed by atoms with E-state index in [1.165, 1.54) is 0 Å². The van der Waals surface area contributed by atoms with E-state index < -0.39 is 0 Å². The molecule has 1 radical (unpaired) electrons. The van der Waals surface area contributed by atoms with Gasteiger partial charge in [-0.25, -0.2) is 4.98 Å². The molecule has 0 aliphatic heterocycles. The minimum Gasteiger partial charge on any atom is -0.334 e. The zero-order valence-electron chi connectivity index (χ0n) is 5.62. The maximum atomic E-state index is 3.92. The van der Waals surface area contributed by atoms with E-state index in [4.69, 9.17) is 0 Å². The van der Waals surface area contributed by atoms with Crippen LogP contribution in [0.4, 0.5) is 0 Å². The Balaban J connectivity index is 2.65. The van der Waals surface area contributed by atoms with Gasteiger partial charge in [0.1, 0.15) is 0 Å². The van der Waals surface area contributed by atoms with E-state index in [0.29, 0.717) is 6.04 Å². The molecule has 0 fully saturated rings. The van der Waals surface area contributed by atoms with Crippen LogP contribution >= 0.6 is 0 Å². The molecule has 0 amide bonds. The number of nitrogens with zero attached hydrogens (tertiary/aromatic N) is 2. The Morgan fingerprint density at radius 1 is 1.78 bits per heavy atom. The Labute approximate surface area is 55.5 Å². The first kappa shape index (κ1) is 6.33. The third-order valence-corrected chi connectivity index (χ3v) is 1.42. The lowest BCUT2D eigenvalue weighted by molar-refractivity contribution is 0.581. The monoisotopic (exact) mass is 123 g/mol. The van der Waals surface area contributed by atoms with Crippen molar-refractivity contribution >= 4 is 0 Å². The molecule has 0 N–H and O–H groups in total. The molecule has 1 atom stereocenters. The van der Waals surface area contributed by atoms with Gasteiger partial charge in [-0.15, -0.1) is 0 Å². The second-order valence-corrected chi connectivity index (χ2v) is 2.07. The van der Waals surface area contributed by atoms with Crippen molar-refractivity contribution in [1.29, 1.82) is 0 Å². The Bertz CT molecular complexity index is 155. The average Bonchev–Trinajstić information content (AvgIpc) is 2.37. The van der Waals surface area contributed by atoms with Gasteiger partial charge in [0.05, 0.1) is 6.33 Å². The number of aromatic nitrogens is 2. The highest BCUT2D eigenvalue weighted by molar-refractivity contribution is 4.80. The summed E-state index contributed by atoms with van der Waals surface area (Å²) in [5, 5.41) is 0. The molecular formula is C7H11N2. The summed E-state index contributed by atoms with van der Waals surface area (Å²) in [4.78, 5) is 3.91. The van der Waals surface area contributed by atoms with Crippen molar-refractivity contribution in [2.24, 2.45) is 0 Å². The summed E-state index contributed by atoms with van der Waals surface area (Å²) in [6.07, 6.45) is 6.55. The molecule has 0 saturated carbocycles. The van der Waals surface area contributed by atoms with Crippen LogP contribution in [0.1, 0.15) is 19.4 Å². The molecule has 0 saturated heterocycles. The van der Waals surface area contributed by atoms with Crippen molar-refractivity contribution in [2.75, 3.05) is 0 Å². The lowest BCUT2D eigenvalue weighted by Crippen LogP contribution is -1.99. The molecule has 1 aromatic rings. The first-order valence-corrected chi connectivity index (χ1v) is 3.15. The van der Waals surface area contributed by atoms with Gasteiger partial charge in [-0.2, -0.15) is 0 Å². The van der Waals surface area contributed by atoms with Crippen molar-refractivity contribution in [1.82, 2.24) is 9.55 Å². The smallest absolute Gasteiger partial charge is 0.0948 e. The van der Waals surface area contributed by atoms with E-state index in [2.05, 4.69) is 18.8 Å². The van der Waals surface area contributed by atoms with E-state index in [0.717, 1.165) is 6.42 Å². The van der Waals surface area contributed by atoms with Crippen LogP contribution in [0, 0.1) is 6.92 Å². The van der Waals surface area contributed by atoms with Crippen LogP contribution in [0.15, 0.2) is 18.7 Å². The predicted octanol–water partition coefficient (Wildman–Crippen LogP) is 1.67. The molecule has 1 aromatic heterocycles. The Morgan fingerprint density at radius 2 is 2.56 bits per heavy atom. The molecule has 49 valence electrons. The normalized spacial score (nSPS) is 13.6. The zero-order valence-corrected chi connectivity index (χ0v) is 5.62. The van der Waals surface area contributed by atoms with Gasteiger partial charge in [0, 0.05) is 18.4 Å². The van der Waals surface area contributed by atoms with Gasteiger partial charge in [-0.3, -0.25) is 0 Å². The molecule has 0 aliphatic carbocycles. The highest BCUT2D eigenvalue weighted by Crippen LogP contribution is 2.06. The van der Waals surface area contributed by atoms with E-state index in [1.54, 1.807) is 12.5 Å². The second kappa shape index (κ2) is 2.67. The number of imidazole rings is 1. The van der Waals surface area contributed by atoms with Gasteiger partial charge >= 0.3 is 0 Å². The van der Waals surface area contributed by atoms with Crippen molar-refractivity contribution in [3.05, 3.63) is 25.6 Å². The van der Waals surface area contributed by atoms with Crippen molar-refractivity contribution in [3.63, 3.8) is 0 Å². The van der Waals surface area contributed by atoms with E-state index in [1.807, 2.05) is 10.8 Å². The fourth-order valence-corrected chi connectivity index (χ4v) is 0.696. The Morgan fingerprint density at radius 3 is 3.00 bits per heavy atom. The van der Waals surface area contributed by atoms with Gasteiger partial charge in [0.2, 0.25) is 0 Å². The summed E-state index contributed by atoms with van der Waals surface area (Å²) in [7, 11) is 0. The highest BCUT2D eigenvalue weighted by atomic mass is 15.0. The third-order valence-electron chi connectivity index (χ3n) is 1.42. The number of rotatable bonds is 2. The predicted molar refractivity (Wildman–Crippen MR) is 36.9 cm³/mol. The Kier molecular flexibility index (Phi) is 1.88. The van der Waals surface area contributed by atoms with Gasteiger partial charge in [0.15, 0.2) is 0 Å². The van der Waals surface area contributed by atoms with E-state index in [-0.39, 0.29) is 0 Å². The van der Waals surface area contributed by atoms with Crippen LogP contribution in [-0.4, -0.2) is 9.55 Å². The van der Waals surface area contributed by atoms with E-state index in [9.17, 15) is 0 Å². The van der Waals surface area contributed by atoms with Crippen LogP contribution in [0.5, 0.6) is 0 Å². The summed E-state index contributed by atoms with van der Waals surface area (Å²) in [6, 6.07) is 0.340. The standard InChI is InChI=1S/C7H11N2/c1-3-7(2)9-5-4-8-6-9/h4-7H,2-3H2,1H3. The molecule has 0 spiro atoms. The Hall–Kier alpha value is -0.790. The number of hydrogen-bond acceptors (Lipinski definition) is 1. The largest absolute Gasteiger partial charge is 0.334 e. The van der Waals surface area contributed by atoms with Gasteiger partial charge in [-0.05, 0) is 13.3 Å². The first-order chi connectivity index (χ1) is 4.34. The summed E-state index contributed by atoms with van der Waals surface area (Å²) in [6.45, 7) is 6.03. The number of hydrogen-bond donors (Lipinski definition) is 0. The maximum absolute atomic E-state index is 3.92. The van der Waals surface area contributed by atoms with Crippen LogP contribution in [0.3, 0.4) is 0 Å². The lowest BCUT2D eigenvalue weighted by Gasteiger charge is -2.07. The molecule has 1 unspecified atom stereocenters. The van der Waals surface area contributed by atoms with Crippen molar-refractivity contribution in [3.8, 4) is 0 Å². The first-order valence-electron chi connectivity index (χ1n) is 3.15. The topological polar surface area (TPSA) is 17.8 Å². The zero-order chi connectivity index (χ0) is 6.69. The molecule has 0 aromatic carbocycles. The molecule has 2 nitrogen and oxygen atoms in total. The van der Waals surface area contributed by atoms with Crippen LogP contribution in [-0.2, 0) is 0 Å². The molecule has 9 heavy (non-hydrogen) atoms. The van der Waals surface area contributed by atoms with Crippen molar-refractivity contribution in [2.45, 2.75) is 19.4 Å². The van der Waals surface area contributed by atoms with Crippen LogP contribution < -0.4 is 0 Å². The highest BCUT2D eigenvalue weighted by Gasteiger charge is 1.97. The lowest BCUT2D eigenvalue weighted by atomic mass is 10.3. The SMILES string of the molecule is [CH2]C(CC)n1ccnc1. The molecule has 2 heteroatoms. The van der Waals surface area contributed by atoms with Gasteiger partial charge < -0.3 is 4.57 Å². The van der Waals surface area contributed by atoms with Gasteiger partial charge in [-0.1, -0.05) is 6.92 Å². The van der Waals surface area contributed by atoms with Crippen molar-refractivity contribution < 1.29 is 0 Å². The van der Waals surface area contributed by atoms with E-state index >= 15 is 0 Å².